The quantitative estimate of drug-likeness (QED) is 0.418. The topological polar surface area (TPSA) is 95.6 Å². The number of ether oxygens (including phenoxy) is 2. The average Bonchev–Trinajstić information content (AvgIpc) is 3.44. The molecule has 160 valence electrons. The van der Waals surface area contributed by atoms with Gasteiger partial charge in [0.25, 0.3) is 5.91 Å². The summed E-state index contributed by atoms with van der Waals surface area (Å²) in [7, 11) is 1.62. The molecule has 3 aromatic heterocycles. The van der Waals surface area contributed by atoms with Crippen molar-refractivity contribution in [3.8, 4) is 23.0 Å². The Morgan fingerprint density at radius 1 is 1.23 bits per heavy atom. The van der Waals surface area contributed by atoms with Crippen LogP contribution in [0.4, 0.5) is 0 Å². The fourth-order valence-electron chi connectivity index (χ4n) is 3.31. The molecule has 0 fully saturated rings. The van der Waals surface area contributed by atoms with Gasteiger partial charge in [-0.1, -0.05) is 6.07 Å². The number of carbonyl (C=O) groups excluding carboxylic acids is 1. The van der Waals surface area contributed by atoms with Gasteiger partial charge in [-0.3, -0.25) is 14.2 Å². The molecule has 0 aliphatic rings. The first-order valence-electron chi connectivity index (χ1n) is 10.1. The molecule has 0 atom stereocenters. The third-order valence-corrected chi connectivity index (χ3v) is 4.79. The highest BCUT2D eigenvalue weighted by Crippen LogP contribution is 2.26. The fourth-order valence-corrected chi connectivity index (χ4v) is 3.31. The average molecular weight is 420 g/mol. The smallest absolute Gasteiger partial charge is 0.272 e. The predicted molar refractivity (Wildman–Crippen MR) is 116 cm³/mol. The van der Waals surface area contributed by atoms with Gasteiger partial charge in [0.05, 0.1) is 30.7 Å². The second-order valence-electron chi connectivity index (χ2n) is 6.75. The second kappa shape index (κ2) is 9.40. The van der Waals surface area contributed by atoms with Gasteiger partial charge in [0, 0.05) is 38.2 Å². The monoisotopic (exact) mass is 420 g/mol. The zero-order chi connectivity index (χ0) is 21.6. The highest BCUT2D eigenvalue weighted by molar-refractivity contribution is 5.99. The van der Waals surface area contributed by atoms with Gasteiger partial charge in [-0.05, 0) is 31.5 Å². The molecule has 3 heterocycles. The summed E-state index contributed by atoms with van der Waals surface area (Å²) in [6.45, 7) is 3.72. The van der Waals surface area contributed by atoms with Gasteiger partial charge in [0.2, 0.25) is 0 Å². The van der Waals surface area contributed by atoms with Crippen LogP contribution in [0.1, 0.15) is 23.8 Å². The molecule has 0 bridgehead atoms. The van der Waals surface area contributed by atoms with Gasteiger partial charge in [0.15, 0.2) is 11.5 Å². The Labute approximate surface area is 179 Å². The van der Waals surface area contributed by atoms with E-state index in [9.17, 15) is 4.79 Å². The lowest BCUT2D eigenvalue weighted by Crippen LogP contribution is -2.25. The molecule has 0 aliphatic carbocycles. The Kier molecular flexibility index (Phi) is 6.23. The van der Waals surface area contributed by atoms with E-state index in [4.69, 9.17) is 9.47 Å². The number of amides is 1. The molecule has 0 saturated carbocycles. The van der Waals surface area contributed by atoms with Crippen molar-refractivity contribution in [1.29, 1.82) is 0 Å². The number of aromatic nitrogens is 5. The van der Waals surface area contributed by atoms with E-state index in [1.54, 1.807) is 36.6 Å². The van der Waals surface area contributed by atoms with E-state index in [-0.39, 0.29) is 5.91 Å². The van der Waals surface area contributed by atoms with E-state index in [1.807, 2.05) is 41.7 Å². The van der Waals surface area contributed by atoms with Gasteiger partial charge < -0.3 is 14.8 Å². The molecule has 1 amide bonds. The van der Waals surface area contributed by atoms with Crippen molar-refractivity contribution in [3.63, 3.8) is 0 Å². The van der Waals surface area contributed by atoms with Crippen molar-refractivity contribution in [3.05, 3.63) is 60.8 Å². The summed E-state index contributed by atoms with van der Waals surface area (Å²) >= 11 is 0. The number of methoxy groups -OCH3 is 1. The van der Waals surface area contributed by atoms with Crippen LogP contribution in [0.2, 0.25) is 0 Å². The lowest BCUT2D eigenvalue weighted by Gasteiger charge is -2.08. The molecule has 0 saturated heterocycles. The molecule has 0 unspecified atom stereocenters. The van der Waals surface area contributed by atoms with Crippen LogP contribution in [0.5, 0.6) is 5.75 Å². The minimum absolute atomic E-state index is 0.249. The first kappa shape index (κ1) is 20.5. The number of fused-ring (bicyclic) bond motifs is 1. The summed E-state index contributed by atoms with van der Waals surface area (Å²) in [4.78, 5) is 21.7. The van der Waals surface area contributed by atoms with Crippen LogP contribution in [0.3, 0.4) is 0 Å². The van der Waals surface area contributed by atoms with Crippen LogP contribution in [0, 0.1) is 0 Å². The van der Waals surface area contributed by atoms with E-state index >= 15 is 0 Å². The minimum atomic E-state index is -0.249. The number of nitrogens with one attached hydrogen (secondary N) is 1. The van der Waals surface area contributed by atoms with Crippen LogP contribution in [0.15, 0.2) is 55.1 Å². The second-order valence-corrected chi connectivity index (χ2v) is 6.75. The Hall–Kier alpha value is -3.72. The lowest BCUT2D eigenvalue weighted by molar-refractivity contribution is 0.0941. The number of hydrogen-bond acceptors (Lipinski definition) is 6. The molecular formula is C22H24N6O3. The number of nitrogens with zero attached hydrogens (tertiary/aromatic N) is 5. The highest BCUT2D eigenvalue weighted by Gasteiger charge is 2.21. The van der Waals surface area contributed by atoms with Gasteiger partial charge in [-0.2, -0.15) is 5.10 Å². The Morgan fingerprint density at radius 3 is 2.97 bits per heavy atom. The van der Waals surface area contributed by atoms with Crippen molar-refractivity contribution < 1.29 is 14.3 Å². The van der Waals surface area contributed by atoms with E-state index in [0.29, 0.717) is 36.8 Å². The summed E-state index contributed by atoms with van der Waals surface area (Å²) < 4.78 is 14.3. The number of rotatable bonds is 9. The minimum Gasteiger partial charge on any atom is -0.497 e. The molecule has 0 radical (unpaired) electrons. The number of carbonyl (C=O) groups is 1. The Balaban J connectivity index is 1.69. The molecular weight excluding hydrogens is 396 g/mol. The predicted octanol–water partition coefficient (Wildman–Crippen LogP) is 2.75. The maximum atomic E-state index is 12.8. The van der Waals surface area contributed by atoms with Gasteiger partial charge in [-0.25, -0.2) is 9.67 Å². The van der Waals surface area contributed by atoms with Crippen LogP contribution < -0.4 is 10.1 Å². The van der Waals surface area contributed by atoms with Crippen LogP contribution in [0.25, 0.3) is 22.7 Å². The number of imidazole rings is 1. The molecule has 31 heavy (non-hydrogen) atoms. The van der Waals surface area contributed by atoms with E-state index < -0.39 is 0 Å². The fraction of sp³-hybridized carbons (Fsp3) is 0.273. The van der Waals surface area contributed by atoms with E-state index in [1.165, 1.54) is 0 Å². The third kappa shape index (κ3) is 4.26. The van der Waals surface area contributed by atoms with Gasteiger partial charge in [0.1, 0.15) is 11.4 Å². The van der Waals surface area contributed by atoms with Crippen molar-refractivity contribution in [2.24, 2.45) is 0 Å². The van der Waals surface area contributed by atoms with Crippen molar-refractivity contribution >= 4 is 11.4 Å². The zero-order valence-corrected chi connectivity index (χ0v) is 17.5. The van der Waals surface area contributed by atoms with E-state index in [0.717, 1.165) is 23.6 Å². The summed E-state index contributed by atoms with van der Waals surface area (Å²) in [5.74, 6) is 1.07. The summed E-state index contributed by atoms with van der Waals surface area (Å²) in [5.41, 5.74) is 2.51. The third-order valence-electron chi connectivity index (χ3n) is 4.79. The zero-order valence-electron chi connectivity index (χ0n) is 17.5. The largest absolute Gasteiger partial charge is 0.497 e. The molecule has 0 aliphatic heterocycles. The Bertz CT molecular complexity index is 1180. The molecule has 4 rings (SSSR count). The van der Waals surface area contributed by atoms with Gasteiger partial charge >= 0.3 is 0 Å². The van der Waals surface area contributed by atoms with Crippen LogP contribution in [-0.2, 0) is 4.74 Å². The maximum Gasteiger partial charge on any atom is 0.272 e. The van der Waals surface area contributed by atoms with Crippen LogP contribution >= 0.6 is 0 Å². The maximum absolute atomic E-state index is 12.8. The molecule has 1 aromatic carbocycles. The lowest BCUT2D eigenvalue weighted by atomic mass is 10.3. The highest BCUT2D eigenvalue weighted by atomic mass is 16.5. The molecule has 0 spiro atoms. The summed E-state index contributed by atoms with van der Waals surface area (Å²) in [5, 5.41) is 7.36. The van der Waals surface area contributed by atoms with Crippen molar-refractivity contribution in [2.45, 2.75) is 13.3 Å². The Morgan fingerprint density at radius 2 is 2.13 bits per heavy atom. The van der Waals surface area contributed by atoms with Crippen molar-refractivity contribution in [1.82, 2.24) is 29.5 Å². The molecule has 1 N–H and O–H groups in total. The summed E-state index contributed by atoms with van der Waals surface area (Å²) in [6, 6.07) is 9.45. The first-order valence-corrected chi connectivity index (χ1v) is 10.1. The number of hydrogen-bond donors (Lipinski definition) is 1. The van der Waals surface area contributed by atoms with Crippen LogP contribution in [-0.4, -0.2) is 56.9 Å². The summed E-state index contributed by atoms with van der Waals surface area (Å²) in [6.07, 6.45) is 7.52. The van der Waals surface area contributed by atoms with Crippen molar-refractivity contribution in [2.75, 3.05) is 26.9 Å². The van der Waals surface area contributed by atoms with E-state index in [2.05, 4.69) is 20.4 Å². The van der Waals surface area contributed by atoms with Gasteiger partial charge in [-0.15, -0.1) is 0 Å². The molecule has 9 heteroatoms. The first-order chi connectivity index (χ1) is 15.2. The standard InChI is InChI=1S/C22H24N6O3/c1-3-31-13-5-9-24-22(29)20-19-15-23-11-12-27(19)21(26-20)18-8-10-25-28(18)16-6-4-7-17(14-16)30-2/h4,6-8,10-12,14-15H,3,5,9,13H2,1-2H3,(H,24,29). The SMILES string of the molecule is CCOCCCNC(=O)c1nc(-c2ccnn2-c2cccc(OC)c2)n2ccncc12. The normalized spacial score (nSPS) is 11.0. The number of benzene rings is 1. The molecule has 4 aromatic rings. The molecule has 9 nitrogen and oxygen atoms in total.